The highest BCUT2D eigenvalue weighted by molar-refractivity contribution is 5.89. The Morgan fingerprint density at radius 2 is 2.33 bits per heavy atom. The van der Waals surface area contributed by atoms with E-state index in [1.165, 1.54) is 6.08 Å². The fraction of sp³-hybridized carbons (Fsp3) is 0.333. The van der Waals surface area contributed by atoms with Crippen molar-refractivity contribution >= 4 is 5.91 Å². The van der Waals surface area contributed by atoms with Crippen LogP contribution in [0.2, 0.25) is 0 Å². The predicted molar refractivity (Wildman–Crippen MR) is 34.2 cm³/mol. The van der Waals surface area contributed by atoms with Gasteiger partial charge in [0.05, 0.1) is 6.17 Å². The van der Waals surface area contributed by atoms with Crippen molar-refractivity contribution in [1.29, 1.82) is 0 Å². The van der Waals surface area contributed by atoms with E-state index >= 15 is 0 Å². The number of rotatable bonds is 0. The molecule has 3 heteroatoms. The summed E-state index contributed by atoms with van der Waals surface area (Å²) in [5, 5.41) is 5.57. The first-order chi connectivity index (χ1) is 4.18. The summed E-state index contributed by atoms with van der Waals surface area (Å²) >= 11 is 0. The van der Waals surface area contributed by atoms with Crippen molar-refractivity contribution in [3.63, 3.8) is 0 Å². The molecule has 1 heterocycles. The monoisotopic (exact) mass is 125 g/mol. The minimum absolute atomic E-state index is 0.00926. The maximum absolute atomic E-state index is 10.6. The van der Waals surface area contributed by atoms with Crippen LogP contribution in [0.4, 0.5) is 0 Å². The zero-order valence-corrected chi connectivity index (χ0v) is 5.27. The maximum Gasteiger partial charge on any atom is 0.247 e. The molecule has 1 rings (SSSR count). The van der Waals surface area contributed by atoms with Crippen LogP contribution in [0.1, 0.15) is 6.92 Å². The molecule has 0 saturated carbocycles. The van der Waals surface area contributed by atoms with Crippen LogP contribution in [-0.4, -0.2) is 12.1 Å². The first-order valence-corrected chi connectivity index (χ1v) is 2.79. The van der Waals surface area contributed by atoms with Gasteiger partial charge in [-0.05, 0) is 13.8 Å². The highest BCUT2D eigenvalue weighted by atomic mass is 16.1. The van der Waals surface area contributed by atoms with Crippen LogP contribution < -0.4 is 10.6 Å². The van der Waals surface area contributed by atoms with Crippen molar-refractivity contribution in [2.45, 2.75) is 13.1 Å². The summed E-state index contributed by atoms with van der Waals surface area (Å²) in [6, 6.07) is 0. The largest absolute Gasteiger partial charge is 0.369 e. The van der Waals surface area contributed by atoms with Crippen molar-refractivity contribution in [2.24, 2.45) is 0 Å². The normalized spacial score (nSPS) is 26.2. The molecule has 1 amide bonds. The zero-order chi connectivity index (χ0) is 6.85. The van der Waals surface area contributed by atoms with Gasteiger partial charge in [0, 0.05) is 11.8 Å². The number of nitrogens with one attached hydrogen (secondary N) is 2. The highest BCUT2D eigenvalue weighted by Crippen LogP contribution is 1.93. The molecular formula is C6H9N2O. The lowest BCUT2D eigenvalue weighted by Gasteiger charge is -2.20. The summed E-state index contributed by atoms with van der Waals surface area (Å²) in [5.41, 5.74) is 0.672. The van der Waals surface area contributed by atoms with Gasteiger partial charge in [-0.2, -0.15) is 0 Å². The third-order valence-electron chi connectivity index (χ3n) is 1.07. The SMILES string of the molecule is [CH2]C1=CC(=O)NC(C)N1. The predicted octanol–water partition coefficient (Wildman–Crippen LogP) is -0.230. The van der Waals surface area contributed by atoms with Gasteiger partial charge in [0.1, 0.15) is 0 Å². The third kappa shape index (κ3) is 1.45. The van der Waals surface area contributed by atoms with E-state index < -0.39 is 0 Å². The first-order valence-electron chi connectivity index (χ1n) is 2.79. The average Bonchev–Trinajstić information content (AvgIpc) is 1.59. The van der Waals surface area contributed by atoms with Crippen LogP contribution in [0.3, 0.4) is 0 Å². The molecule has 0 aromatic carbocycles. The van der Waals surface area contributed by atoms with Crippen LogP contribution in [0, 0.1) is 6.92 Å². The van der Waals surface area contributed by atoms with Crippen LogP contribution >= 0.6 is 0 Å². The van der Waals surface area contributed by atoms with Crippen molar-refractivity contribution in [3.05, 3.63) is 18.7 Å². The molecule has 0 aliphatic carbocycles. The molecule has 0 saturated heterocycles. The van der Waals surface area contributed by atoms with E-state index in [0.29, 0.717) is 5.70 Å². The Morgan fingerprint density at radius 3 is 2.78 bits per heavy atom. The summed E-state index contributed by atoms with van der Waals surface area (Å²) in [6.07, 6.45) is 1.44. The number of carbonyl (C=O) groups is 1. The van der Waals surface area contributed by atoms with E-state index in [-0.39, 0.29) is 12.1 Å². The van der Waals surface area contributed by atoms with Gasteiger partial charge >= 0.3 is 0 Å². The smallest absolute Gasteiger partial charge is 0.247 e. The molecule has 1 atom stereocenters. The van der Waals surface area contributed by atoms with E-state index in [9.17, 15) is 4.79 Å². The fourth-order valence-corrected chi connectivity index (χ4v) is 0.769. The van der Waals surface area contributed by atoms with E-state index in [2.05, 4.69) is 17.6 Å². The molecule has 9 heavy (non-hydrogen) atoms. The molecule has 0 fully saturated rings. The van der Waals surface area contributed by atoms with Crippen molar-refractivity contribution in [2.75, 3.05) is 0 Å². The number of carbonyl (C=O) groups excluding carboxylic acids is 1. The molecule has 1 unspecified atom stereocenters. The second kappa shape index (κ2) is 2.09. The second-order valence-corrected chi connectivity index (χ2v) is 2.04. The molecule has 0 aromatic heterocycles. The minimum atomic E-state index is -0.0775. The Balaban J connectivity index is 2.67. The molecule has 0 bridgehead atoms. The molecule has 1 aliphatic heterocycles. The fourth-order valence-electron chi connectivity index (χ4n) is 0.769. The number of allylic oxidation sites excluding steroid dienone is 1. The second-order valence-electron chi connectivity index (χ2n) is 2.04. The number of hydrogen-bond donors (Lipinski definition) is 2. The standard InChI is InChI=1S/C6H9N2O/c1-4-3-6(9)8-5(2)7-4/h3,5,7H,1H2,2H3,(H,8,9). The van der Waals surface area contributed by atoms with Crippen LogP contribution in [0.5, 0.6) is 0 Å². The highest BCUT2D eigenvalue weighted by Gasteiger charge is 2.09. The van der Waals surface area contributed by atoms with Gasteiger partial charge in [0.2, 0.25) is 5.91 Å². The van der Waals surface area contributed by atoms with Crippen LogP contribution in [0.15, 0.2) is 11.8 Å². The van der Waals surface area contributed by atoms with Crippen molar-refractivity contribution < 1.29 is 4.79 Å². The van der Waals surface area contributed by atoms with Crippen LogP contribution in [-0.2, 0) is 4.79 Å². The van der Waals surface area contributed by atoms with Crippen LogP contribution in [0.25, 0.3) is 0 Å². The van der Waals surface area contributed by atoms with Crippen molar-refractivity contribution in [1.82, 2.24) is 10.6 Å². The summed E-state index contributed by atoms with van der Waals surface area (Å²) in [5.74, 6) is -0.0775. The summed E-state index contributed by atoms with van der Waals surface area (Å²) < 4.78 is 0. The average molecular weight is 125 g/mol. The van der Waals surface area contributed by atoms with Gasteiger partial charge in [-0.1, -0.05) is 0 Å². The Bertz CT molecular complexity index is 162. The molecule has 1 radical (unpaired) electrons. The molecular weight excluding hydrogens is 116 g/mol. The summed E-state index contributed by atoms with van der Waals surface area (Å²) in [4.78, 5) is 10.6. The van der Waals surface area contributed by atoms with Gasteiger partial charge in [0.15, 0.2) is 0 Å². The molecule has 49 valence electrons. The van der Waals surface area contributed by atoms with Gasteiger partial charge in [-0.15, -0.1) is 0 Å². The lowest BCUT2D eigenvalue weighted by Crippen LogP contribution is -2.45. The molecule has 0 aromatic rings. The molecule has 0 spiro atoms. The topological polar surface area (TPSA) is 41.1 Å². The zero-order valence-electron chi connectivity index (χ0n) is 5.27. The summed E-state index contributed by atoms with van der Waals surface area (Å²) in [6.45, 7) is 5.44. The Morgan fingerprint density at radius 1 is 1.67 bits per heavy atom. The Labute approximate surface area is 54.1 Å². The van der Waals surface area contributed by atoms with E-state index in [1.807, 2.05) is 6.92 Å². The lowest BCUT2D eigenvalue weighted by atomic mass is 10.3. The quantitative estimate of drug-likeness (QED) is 0.469. The van der Waals surface area contributed by atoms with Gasteiger partial charge in [-0.3, -0.25) is 4.79 Å². The number of amides is 1. The van der Waals surface area contributed by atoms with E-state index in [0.717, 1.165) is 0 Å². The van der Waals surface area contributed by atoms with Gasteiger partial charge < -0.3 is 10.6 Å². The Hall–Kier alpha value is -0.990. The molecule has 3 nitrogen and oxygen atoms in total. The Kier molecular flexibility index (Phi) is 1.42. The van der Waals surface area contributed by atoms with Gasteiger partial charge in [-0.25, -0.2) is 0 Å². The lowest BCUT2D eigenvalue weighted by molar-refractivity contribution is -0.117. The van der Waals surface area contributed by atoms with Crippen molar-refractivity contribution in [3.8, 4) is 0 Å². The maximum atomic E-state index is 10.6. The minimum Gasteiger partial charge on any atom is -0.369 e. The molecule has 2 N–H and O–H groups in total. The third-order valence-corrected chi connectivity index (χ3v) is 1.07. The first kappa shape index (κ1) is 6.13. The van der Waals surface area contributed by atoms with Gasteiger partial charge in [0.25, 0.3) is 0 Å². The number of hydrogen-bond acceptors (Lipinski definition) is 2. The van der Waals surface area contributed by atoms with E-state index in [4.69, 9.17) is 0 Å². The molecule has 1 aliphatic rings. The summed E-state index contributed by atoms with van der Waals surface area (Å²) in [7, 11) is 0. The van der Waals surface area contributed by atoms with E-state index in [1.54, 1.807) is 0 Å².